The highest BCUT2D eigenvalue weighted by Crippen LogP contribution is 2.27. The van der Waals surface area contributed by atoms with E-state index < -0.39 is 17.5 Å². The molecule has 0 spiro atoms. The van der Waals surface area contributed by atoms with Crippen molar-refractivity contribution in [2.24, 2.45) is 0 Å². The van der Waals surface area contributed by atoms with Crippen molar-refractivity contribution < 1.29 is 18.3 Å². The fraction of sp³-hybridized carbons (Fsp3) is 0.538. The summed E-state index contributed by atoms with van der Waals surface area (Å²) in [5.74, 6) is -3.83. The molecule has 1 heterocycles. The third kappa shape index (κ3) is 3.26. The van der Waals surface area contributed by atoms with E-state index in [1.165, 1.54) is 0 Å². The Morgan fingerprint density at radius 2 is 1.74 bits per heavy atom. The van der Waals surface area contributed by atoms with Gasteiger partial charge in [0.15, 0.2) is 17.5 Å². The van der Waals surface area contributed by atoms with Crippen molar-refractivity contribution in [3.8, 4) is 0 Å². The van der Waals surface area contributed by atoms with Gasteiger partial charge in [0.2, 0.25) is 0 Å². The van der Waals surface area contributed by atoms with Crippen LogP contribution in [0, 0.1) is 17.5 Å². The zero-order chi connectivity index (χ0) is 13.8. The molecule has 1 saturated heterocycles. The summed E-state index contributed by atoms with van der Waals surface area (Å²) in [6.07, 6.45) is 0.366. The molecular weight excluding hydrogens is 257 g/mol. The monoisotopic (exact) mass is 274 g/mol. The average molecular weight is 274 g/mol. The fourth-order valence-electron chi connectivity index (χ4n) is 2.44. The quantitative estimate of drug-likeness (QED) is 0.815. The van der Waals surface area contributed by atoms with Crippen molar-refractivity contribution in [1.29, 1.82) is 0 Å². The molecule has 6 heteroatoms. The molecule has 3 nitrogen and oxygen atoms in total. The number of aliphatic hydroxyl groups excluding tert-OH is 1. The molecule has 1 aromatic carbocycles. The zero-order valence-corrected chi connectivity index (χ0v) is 10.5. The van der Waals surface area contributed by atoms with Crippen LogP contribution in [-0.4, -0.2) is 42.8 Å². The molecule has 0 bridgehead atoms. The minimum atomic E-state index is -1.45. The van der Waals surface area contributed by atoms with E-state index >= 15 is 0 Å². The van der Waals surface area contributed by atoms with Crippen LogP contribution in [0.4, 0.5) is 13.2 Å². The predicted octanol–water partition coefficient (Wildman–Crippen LogP) is 1.43. The van der Waals surface area contributed by atoms with Crippen LogP contribution >= 0.6 is 0 Å². The number of nitrogens with zero attached hydrogens (tertiary/aromatic N) is 1. The van der Waals surface area contributed by atoms with Crippen molar-refractivity contribution >= 4 is 0 Å². The van der Waals surface area contributed by atoms with E-state index in [0.717, 1.165) is 38.3 Å². The van der Waals surface area contributed by atoms with E-state index in [2.05, 4.69) is 5.32 Å². The van der Waals surface area contributed by atoms with E-state index in [1.54, 1.807) is 0 Å². The van der Waals surface area contributed by atoms with Crippen LogP contribution in [0.1, 0.15) is 18.0 Å². The van der Waals surface area contributed by atoms with E-state index in [0.29, 0.717) is 12.0 Å². The van der Waals surface area contributed by atoms with Crippen molar-refractivity contribution in [2.45, 2.75) is 12.5 Å². The maximum absolute atomic E-state index is 13.3. The summed E-state index contributed by atoms with van der Waals surface area (Å²) in [5.41, 5.74) is 0.368. The average Bonchev–Trinajstić information content (AvgIpc) is 2.42. The van der Waals surface area contributed by atoms with Gasteiger partial charge in [-0.1, -0.05) is 0 Å². The fourth-order valence-corrected chi connectivity index (χ4v) is 2.44. The van der Waals surface area contributed by atoms with Crippen molar-refractivity contribution in [3.63, 3.8) is 0 Å². The van der Waals surface area contributed by atoms with Gasteiger partial charge in [-0.05, 0) is 24.1 Å². The van der Waals surface area contributed by atoms with Gasteiger partial charge in [-0.15, -0.1) is 0 Å². The molecule has 1 aromatic rings. The lowest BCUT2D eigenvalue weighted by molar-refractivity contribution is 0.140. The predicted molar refractivity (Wildman–Crippen MR) is 65.2 cm³/mol. The molecule has 0 aliphatic carbocycles. The molecule has 1 atom stereocenters. The Morgan fingerprint density at radius 1 is 1.16 bits per heavy atom. The smallest absolute Gasteiger partial charge is 0.194 e. The molecular formula is C13H17F3N2O. The zero-order valence-electron chi connectivity index (χ0n) is 10.5. The Balaban J connectivity index is 2.27. The molecule has 0 unspecified atom stereocenters. The standard InChI is InChI=1S/C13H17F3N2O/c14-10-7-9(8-11(15)13(10)16)12(1-6-19)18-4-2-17-3-5-18/h7-8,12,17,19H,1-6H2/t12-/m0/s1. The van der Waals surface area contributed by atoms with Gasteiger partial charge in [0.1, 0.15) is 0 Å². The number of hydrogen-bond acceptors (Lipinski definition) is 3. The first-order chi connectivity index (χ1) is 9.13. The number of hydrogen-bond donors (Lipinski definition) is 2. The van der Waals surface area contributed by atoms with Gasteiger partial charge in [0.05, 0.1) is 0 Å². The number of benzene rings is 1. The minimum absolute atomic E-state index is 0.0881. The highest BCUT2D eigenvalue weighted by atomic mass is 19.2. The van der Waals surface area contributed by atoms with Gasteiger partial charge in [-0.2, -0.15) is 0 Å². The second-order valence-electron chi connectivity index (χ2n) is 4.61. The summed E-state index contributed by atoms with van der Waals surface area (Å²) in [5, 5.41) is 12.3. The van der Waals surface area contributed by atoms with Gasteiger partial charge in [-0.3, -0.25) is 4.90 Å². The van der Waals surface area contributed by atoms with E-state index in [-0.39, 0.29) is 12.6 Å². The number of piperazine rings is 1. The molecule has 0 amide bonds. The summed E-state index contributed by atoms with van der Waals surface area (Å²) < 4.78 is 39.6. The van der Waals surface area contributed by atoms with Gasteiger partial charge in [0.25, 0.3) is 0 Å². The highest BCUT2D eigenvalue weighted by molar-refractivity contribution is 5.23. The summed E-state index contributed by atoms with van der Waals surface area (Å²) in [6.45, 7) is 2.94. The van der Waals surface area contributed by atoms with Gasteiger partial charge in [0, 0.05) is 38.8 Å². The summed E-state index contributed by atoms with van der Waals surface area (Å²) in [6, 6.07) is 1.73. The summed E-state index contributed by atoms with van der Waals surface area (Å²) in [7, 11) is 0. The molecule has 0 radical (unpaired) electrons. The van der Waals surface area contributed by atoms with Crippen molar-refractivity contribution in [2.75, 3.05) is 32.8 Å². The van der Waals surface area contributed by atoms with Crippen LogP contribution in [-0.2, 0) is 0 Å². The number of halogens is 3. The lowest BCUT2D eigenvalue weighted by Crippen LogP contribution is -2.45. The van der Waals surface area contributed by atoms with Gasteiger partial charge >= 0.3 is 0 Å². The second-order valence-corrected chi connectivity index (χ2v) is 4.61. The number of rotatable bonds is 4. The van der Waals surface area contributed by atoms with E-state index in [9.17, 15) is 13.2 Å². The molecule has 1 fully saturated rings. The Hall–Kier alpha value is -1.11. The Labute approximate surface area is 110 Å². The van der Waals surface area contributed by atoms with Crippen LogP contribution in [0.15, 0.2) is 12.1 Å². The first-order valence-corrected chi connectivity index (χ1v) is 6.33. The highest BCUT2D eigenvalue weighted by Gasteiger charge is 2.24. The molecule has 106 valence electrons. The van der Waals surface area contributed by atoms with Crippen LogP contribution in [0.3, 0.4) is 0 Å². The maximum atomic E-state index is 13.3. The number of nitrogens with one attached hydrogen (secondary N) is 1. The largest absolute Gasteiger partial charge is 0.396 e. The van der Waals surface area contributed by atoms with Crippen LogP contribution in [0.25, 0.3) is 0 Å². The molecule has 19 heavy (non-hydrogen) atoms. The molecule has 0 saturated carbocycles. The van der Waals surface area contributed by atoms with E-state index in [4.69, 9.17) is 5.11 Å². The Morgan fingerprint density at radius 3 is 2.26 bits per heavy atom. The molecule has 1 aliphatic heterocycles. The lowest BCUT2D eigenvalue weighted by atomic mass is 10.0. The van der Waals surface area contributed by atoms with Crippen molar-refractivity contribution in [3.05, 3.63) is 35.1 Å². The third-order valence-electron chi connectivity index (χ3n) is 3.39. The normalized spacial score (nSPS) is 18.5. The third-order valence-corrected chi connectivity index (χ3v) is 3.39. The SMILES string of the molecule is OCC[C@@H](c1cc(F)c(F)c(F)c1)N1CCNCC1. The lowest BCUT2D eigenvalue weighted by Gasteiger charge is -2.35. The first kappa shape index (κ1) is 14.3. The maximum Gasteiger partial charge on any atom is 0.194 e. The Bertz CT molecular complexity index is 413. The van der Waals surface area contributed by atoms with Crippen LogP contribution in [0.2, 0.25) is 0 Å². The van der Waals surface area contributed by atoms with Crippen LogP contribution in [0.5, 0.6) is 0 Å². The Kier molecular flexibility index (Phi) is 4.79. The second kappa shape index (κ2) is 6.36. The molecule has 0 aromatic heterocycles. The summed E-state index contributed by atoms with van der Waals surface area (Å²) >= 11 is 0. The first-order valence-electron chi connectivity index (χ1n) is 6.33. The van der Waals surface area contributed by atoms with Crippen molar-refractivity contribution in [1.82, 2.24) is 10.2 Å². The van der Waals surface area contributed by atoms with E-state index in [1.807, 2.05) is 4.90 Å². The number of aliphatic hydroxyl groups is 1. The van der Waals surface area contributed by atoms with Crippen LogP contribution < -0.4 is 5.32 Å². The topological polar surface area (TPSA) is 35.5 Å². The summed E-state index contributed by atoms with van der Waals surface area (Å²) in [4.78, 5) is 2.04. The molecule has 1 aliphatic rings. The van der Waals surface area contributed by atoms with Gasteiger partial charge < -0.3 is 10.4 Å². The van der Waals surface area contributed by atoms with Gasteiger partial charge in [-0.25, -0.2) is 13.2 Å². The minimum Gasteiger partial charge on any atom is -0.396 e. The molecule has 2 N–H and O–H groups in total. The molecule has 2 rings (SSSR count).